The first-order chi connectivity index (χ1) is 13.2. The highest BCUT2D eigenvalue weighted by molar-refractivity contribution is 8.33. The molecule has 0 spiro atoms. The third kappa shape index (κ3) is 3.78. The largest absolute Gasteiger partial charge is 0.524 e. The van der Waals surface area contributed by atoms with Gasteiger partial charge in [0.05, 0.1) is 0 Å². The zero-order chi connectivity index (χ0) is 20.4. The number of halogens is 4. The van der Waals surface area contributed by atoms with E-state index in [0.717, 1.165) is 12.1 Å². The summed E-state index contributed by atoms with van der Waals surface area (Å²) in [4.78, 5) is 0.556. The molecule has 0 saturated heterocycles. The maximum Gasteiger partial charge on any atom is 0.524 e. The molecule has 0 radical (unpaired) electrons. The summed E-state index contributed by atoms with van der Waals surface area (Å²) in [6, 6.07) is 20.0. The van der Waals surface area contributed by atoms with Gasteiger partial charge in [-0.15, -0.1) is 0 Å². The van der Waals surface area contributed by atoms with Crippen LogP contribution >= 0.6 is 10.3 Å². The van der Waals surface area contributed by atoms with Gasteiger partial charge in [0.1, 0.15) is 5.82 Å². The number of alkyl halides is 3. The van der Waals surface area contributed by atoms with Crippen LogP contribution < -0.4 is 0 Å². The maximum absolute atomic E-state index is 13.5. The lowest BCUT2D eigenvalue weighted by Crippen LogP contribution is -2.27. The Labute approximate surface area is 161 Å². The summed E-state index contributed by atoms with van der Waals surface area (Å²) in [5.74, 6) is -0.614. The Morgan fingerprint density at radius 2 is 1.04 bits per heavy atom. The fourth-order valence-electron chi connectivity index (χ4n) is 2.55. The second kappa shape index (κ2) is 7.57. The first-order valence-corrected chi connectivity index (χ1v) is 10.8. The van der Waals surface area contributed by atoms with E-state index in [9.17, 15) is 26.0 Å². The summed E-state index contributed by atoms with van der Waals surface area (Å²) < 4.78 is 82.2. The molecule has 0 fully saturated rings. The van der Waals surface area contributed by atoms with Crippen LogP contribution in [0.5, 0.6) is 0 Å². The smallest absolute Gasteiger partial charge is 0.207 e. The predicted octanol–water partition coefficient (Wildman–Crippen LogP) is 5.89. The van der Waals surface area contributed by atoms with Crippen LogP contribution in [-0.4, -0.2) is 13.9 Å². The minimum absolute atomic E-state index is 0.110. The molecule has 0 saturated carbocycles. The summed E-state index contributed by atoms with van der Waals surface area (Å²) in [5.41, 5.74) is -5.62. The van der Waals surface area contributed by atoms with Crippen molar-refractivity contribution in [3.05, 3.63) is 90.7 Å². The van der Waals surface area contributed by atoms with Crippen molar-refractivity contribution in [1.82, 2.24) is 0 Å². The lowest BCUT2D eigenvalue weighted by atomic mass is 10.3. The number of hydrogen-bond acceptors (Lipinski definition) is 3. The van der Waals surface area contributed by atoms with Gasteiger partial charge in [-0.25, -0.2) is 4.39 Å². The van der Waals surface area contributed by atoms with Crippen molar-refractivity contribution in [1.29, 1.82) is 0 Å². The number of hydrogen-bond donors (Lipinski definition) is 0. The van der Waals surface area contributed by atoms with Crippen LogP contribution in [0.4, 0.5) is 17.6 Å². The van der Waals surface area contributed by atoms with Crippen LogP contribution in [0.25, 0.3) is 0 Å². The van der Waals surface area contributed by atoms with Crippen molar-refractivity contribution in [2.24, 2.45) is 0 Å². The van der Waals surface area contributed by atoms with Crippen molar-refractivity contribution in [3.63, 3.8) is 0 Å². The van der Waals surface area contributed by atoms with E-state index in [-0.39, 0.29) is 14.7 Å². The van der Waals surface area contributed by atoms with E-state index in [1.165, 1.54) is 36.4 Å². The Morgan fingerprint density at radius 3 is 1.43 bits per heavy atom. The lowest BCUT2D eigenvalue weighted by Gasteiger charge is -2.39. The summed E-state index contributed by atoms with van der Waals surface area (Å²) in [6.07, 6.45) is 0. The molecule has 3 aromatic rings. The molecule has 3 aromatic carbocycles. The minimum atomic E-state index is -5.97. The molecule has 0 N–H and O–H groups in total. The molecular formula is C19H14F4O3S2. The van der Waals surface area contributed by atoms with Gasteiger partial charge in [-0.2, -0.15) is 25.2 Å². The zero-order valence-electron chi connectivity index (χ0n) is 14.1. The van der Waals surface area contributed by atoms with Crippen LogP contribution in [0.1, 0.15) is 0 Å². The Hall–Kier alpha value is -2.36. The summed E-state index contributed by atoms with van der Waals surface area (Å²) in [6.45, 7) is 0. The Kier molecular flexibility index (Phi) is 5.51. The molecule has 0 aliphatic rings. The SMILES string of the molecule is O=S(=O)(OS(c1ccccc1)(c1ccccc1)c1ccc(F)cc1)C(F)(F)F. The third-order valence-corrected chi connectivity index (χ3v) is 8.68. The van der Waals surface area contributed by atoms with Gasteiger partial charge >= 0.3 is 15.6 Å². The minimum Gasteiger partial charge on any atom is -0.207 e. The van der Waals surface area contributed by atoms with Crippen molar-refractivity contribution in [2.45, 2.75) is 20.2 Å². The zero-order valence-corrected chi connectivity index (χ0v) is 15.8. The number of rotatable bonds is 5. The van der Waals surface area contributed by atoms with Crippen LogP contribution in [0.3, 0.4) is 0 Å². The molecule has 3 rings (SSSR count). The molecule has 28 heavy (non-hydrogen) atoms. The fraction of sp³-hybridized carbons (Fsp3) is 0.0526. The molecule has 0 atom stereocenters. The van der Waals surface area contributed by atoms with Crippen molar-refractivity contribution in [3.8, 4) is 0 Å². The van der Waals surface area contributed by atoms with Crippen LogP contribution in [0, 0.1) is 5.82 Å². The first kappa shape index (κ1) is 20.4. The average Bonchev–Trinajstić information content (AvgIpc) is 2.67. The van der Waals surface area contributed by atoms with E-state index in [1.807, 2.05) is 0 Å². The van der Waals surface area contributed by atoms with Gasteiger partial charge in [-0.05, 0) is 58.8 Å². The highest BCUT2D eigenvalue weighted by atomic mass is 32.3. The van der Waals surface area contributed by atoms with Crippen molar-refractivity contribution < 1.29 is 29.6 Å². The highest BCUT2D eigenvalue weighted by Gasteiger charge is 2.52. The Balaban J connectivity index is 2.38. The monoisotopic (exact) mass is 430 g/mol. The molecule has 0 heterocycles. The molecule has 0 aliphatic carbocycles. The molecule has 3 nitrogen and oxygen atoms in total. The normalized spacial score (nSPS) is 13.3. The molecule has 0 bridgehead atoms. The van der Waals surface area contributed by atoms with Gasteiger partial charge in [0.25, 0.3) is 0 Å². The Bertz CT molecular complexity index is 997. The van der Waals surface area contributed by atoms with Crippen LogP contribution in [0.2, 0.25) is 0 Å². The summed E-state index contributed by atoms with van der Waals surface area (Å²) in [5, 5.41) is 0. The molecule has 0 aliphatic heterocycles. The van der Waals surface area contributed by atoms with Gasteiger partial charge in [0.2, 0.25) is 0 Å². The molecule has 0 unspecified atom stereocenters. The first-order valence-electron chi connectivity index (χ1n) is 7.88. The molecule has 0 aromatic heterocycles. The second-order valence-corrected chi connectivity index (χ2v) is 10.0. The van der Waals surface area contributed by atoms with Gasteiger partial charge in [0, 0.05) is 14.7 Å². The number of benzene rings is 3. The highest BCUT2D eigenvalue weighted by Crippen LogP contribution is 2.70. The maximum atomic E-state index is 13.5. The van der Waals surface area contributed by atoms with Gasteiger partial charge < -0.3 is 0 Å². The van der Waals surface area contributed by atoms with Crippen molar-refractivity contribution in [2.75, 3.05) is 0 Å². The van der Waals surface area contributed by atoms with Gasteiger partial charge in [0.15, 0.2) is 0 Å². The molecular weight excluding hydrogens is 416 g/mol. The topological polar surface area (TPSA) is 43.4 Å². The molecule has 9 heteroatoms. The van der Waals surface area contributed by atoms with Crippen molar-refractivity contribution >= 4 is 20.4 Å². The van der Waals surface area contributed by atoms with E-state index < -0.39 is 31.8 Å². The van der Waals surface area contributed by atoms with E-state index in [0.29, 0.717) is 0 Å². The predicted molar refractivity (Wildman–Crippen MR) is 97.7 cm³/mol. The van der Waals surface area contributed by atoms with Crippen LogP contribution in [0.15, 0.2) is 99.6 Å². The van der Waals surface area contributed by atoms with Crippen LogP contribution in [-0.2, 0) is 13.7 Å². The third-order valence-electron chi connectivity index (χ3n) is 3.77. The summed E-state index contributed by atoms with van der Waals surface area (Å²) >= 11 is 0. The van der Waals surface area contributed by atoms with E-state index in [2.05, 4.69) is 0 Å². The van der Waals surface area contributed by atoms with Gasteiger partial charge in [-0.1, -0.05) is 36.4 Å². The lowest BCUT2D eigenvalue weighted by molar-refractivity contribution is -0.0496. The van der Waals surface area contributed by atoms with E-state index in [1.54, 1.807) is 36.4 Å². The quantitative estimate of drug-likeness (QED) is 0.375. The average molecular weight is 430 g/mol. The molecule has 0 amide bonds. The van der Waals surface area contributed by atoms with Gasteiger partial charge in [-0.3, -0.25) is 0 Å². The second-order valence-electron chi connectivity index (χ2n) is 5.60. The Morgan fingerprint density at radius 1 is 0.643 bits per heavy atom. The fourth-order valence-corrected chi connectivity index (χ4v) is 7.29. The standard InChI is InChI=1S/C19H14F4O3S2/c20-15-11-13-18(14-12-15)27(16-7-3-1-4-8-16,17-9-5-2-6-10-17)26-28(24,25)19(21,22)23/h1-14H. The van der Waals surface area contributed by atoms with E-state index in [4.69, 9.17) is 3.63 Å². The molecule has 148 valence electrons. The van der Waals surface area contributed by atoms with E-state index >= 15 is 0 Å². The summed E-state index contributed by atoms with van der Waals surface area (Å²) in [7, 11) is -9.33.